The second-order valence-corrected chi connectivity index (χ2v) is 12.3. The first-order chi connectivity index (χ1) is 22.0. The van der Waals surface area contributed by atoms with Crippen LogP contribution in [0.1, 0.15) is 79.7 Å². The van der Waals surface area contributed by atoms with E-state index in [-0.39, 0.29) is 56.0 Å². The van der Waals surface area contributed by atoms with Gasteiger partial charge in [-0.25, -0.2) is 15.2 Å². The molecule has 1 aromatic carbocycles. The zero-order chi connectivity index (χ0) is 33.9. The maximum atomic E-state index is 13.4. The van der Waals surface area contributed by atoms with Gasteiger partial charge in [0.25, 0.3) is 5.91 Å². The molecule has 3 amide bonds. The lowest BCUT2D eigenvalue weighted by Crippen LogP contribution is -2.46. The average Bonchev–Trinajstić information content (AvgIpc) is 3.53. The molecule has 4 atom stereocenters. The second-order valence-electron chi connectivity index (χ2n) is 11.4. The third-order valence-electron chi connectivity index (χ3n) is 7.07. The minimum atomic E-state index is -0.849. The summed E-state index contributed by atoms with van der Waals surface area (Å²) in [7, 11) is 0. The van der Waals surface area contributed by atoms with Crippen molar-refractivity contribution in [3.63, 3.8) is 0 Å². The van der Waals surface area contributed by atoms with Crippen LogP contribution in [0.2, 0.25) is 0 Å². The zero-order valence-corrected chi connectivity index (χ0v) is 28.2. The Hall–Kier alpha value is -3.75. The fourth-order valence-corrected chi connectivity index (χ4v) is 5.13. The lowest BCUT2D eigenvalue weighted by molar-refractivity contribution is -0.125. The standard InChI is InChI=1S/C31H48N8O6S/c1-6-12-44-27(18-25(32)20(2)3)30-36-26(19-46-30)29(41)35-24(17-23-9-7-21(4)8-10-23)16-22(5)28(40)37-38-31(42)45-15-14-43-13-11-34-39-33/h7-10,19-20,22,24-25,27H,6,11-18,32H2,1-5H3,(H,35,41)(H,37,40)(H,38,42)/t22-,24+,25+,27+/m0/s1. The van der Waals surface area contributed by atoms with Crippen LogP contribution in [0, 0.1) is 18.8 Å². The number of hydrogen-bond donors (Lipinski definition) is 4. The molecule has 0 fully saturated rings. The quantitative estimate of drug-likeness (QED) is 0.0512. The Morgan fingerprint density at radius 2 is 1.80 bits per heavy atom. The molecule has 15 heteroatoms. The summed E-state index contributed by atoms with van der Waals surface area (Å²) in [4.78, 5) is 45.4. The van der Waals surface area contributed by atoms with E-state index in [2.05, 4.69) is 45.0 Å². The number of aryl methyl sites for hydroxylation is 1. The molecule has 0 bridgehead atoms. The van der Waals surface area contributed by atoms with Crippen molar-refractivity contribution in [3.8, 4) is 0 Å². The highest BCUT2D eigenvalue weighted by Crippen LogP contribution is 2.28. The van der Waals surface area contributed by atoms with Crippen LogP contribution in [-0.2, 0) is 25.4 Å². The monoisotopic (exact) mass is 660 g/mol. The van der Waals surface area contributed by atoms with Gasteiger partial charge in [0.15, 0.2) is 0 Å². The van der Waals surface area contributed by atoms with E-state index in [1.54, 1.807) is 12.3 Å². The van der Waals surface area contributed by atoms with Crippen LogP contribution in [0.5, 0.6) is 0 Å². The lowest BCUT2D eigenvalue weighted by Gasteiger charge is -2.22. The normalized spacial score (nSPS) is 13.6. The summed E-state index contributed by atoms with van der Waals surface area (Å²) in [6.07, 6.45) is 1.09. The highest BCUT2D eigenvalue weighted by Gasteiger charge is 2.26. The van der Waals surface area contributed by atoms with Gasteiger partial charge in [-0.3, -0.25) is 15.0 Å². The third-order valence-corrected chi connectivity index (χ3v) is 8.00. The number of carbonyl (C=O) groups excluding carboxylic acids is 3. The van der Waals surface area contributed by atoms with E-state index < -0.39 is 24.0 Å². The SMILES string of the molecule is CCCO[C@H](C[C@@H](N)C(C)C)c1nc(C(=O)N[C@@H](Cc2ccc(C)cc2)C[C@H](C)C(=O)NNC(=O)OCCOCCN=[N+]=[N-])cs1. The molecular weight excluding hydrogens is 612 g/mol. The number of azide groups is 1. The van der Waals surface area contributed by atoms with Gasteiger partial charge in [0.1, 0.15) is 23.4 Å². The molecule has 0 aliphatic carbocycles. The predicted molar refractivity (Wildman–Crippen MR) is 176 cm³/mol. The number of nitrogens with two attached hydrogens (primary N) is 1. The number of hydrogen-bond acceptors (Lipinski definition) is 10. The number of carbonyl (C=O) groups is 3. The van der Waals surface area contributed by atoms with Crippen molar-refractivity contribution in [1.29, 1.82) is 0 Å². The van der Waals surface area contributed by atoms with Crippen LogP contribution in [0.4, 0.5) is 4.79 Å². The van der Waals surface area contributed by atoms with E-state index in [1.807, 2.05) is 38.1 Å². The molecule has 0 unspecified atom stereocenters. The van der Waals surface area contributed by atoms with Crippen molar-refractivity contribution in [2.75, 3.05) is 33.0 Å². The fourth-order valence-electron chi connectivity index (χ4n) is 4.27. The number of thiazole rings is 1. The first kappa shape index (κ1) is 38.4. The molecule has 0 spiro atoms. The number of nitrogens with zero attached hydrogens (tertiary/aromatic N) is 4. The smallest absolute Gasteiger partial charge is 0.426 e. The van der Waals surface area contributed by atoms with Crippen molar-refractivity contribution >= 4 is 29.2 Å². The second kappa shape index (κ2) is 21.1. The van der Waals surface area contributed by atoms with Crippen molar-refractivity contribution in [2.24, 2.45) is 22.7 Å². The Kier molecular flexibility index (Phi) is 17.6. The van der Waals surface area contributed by atoms with Crippen molar-refractivity contribution in [2.45, 2.75) is 78.5 Å². The molecule has 5 N–H and O–H groups in total. The van der Waals surface area contributed by atoms with E-state index >= 15 is 0 Å². The van der Waals surface area contributed by atoms with Crippen LogP contribution >= 0.6 is 11.3 Å². The van der Waals surface area contributed by atoms with Gasteiger partial charge in [-0.2, -0.15) is 0 Å². The lowest BCUT2D eigenvalue weighted by atomic mass is 9.95. The number of rotatable bonds is 20. The van der Waals surface area contributed by atoms with E-state index in [0.29, 0.717) is 30.9 Å². The van der Waals surface area contributed by atoms with Gasteiger partial charge in [-0.15, -0.1) is 11.3 Å². The minimum absolute atomic E-state index is 0.0491. The summed E-state index contributed by atoms with van der Waals surface area (Å²) in [5, 5.41) is 8.81. The van der Waals surface area contributed by atoms with E-state index in [9.17, 15) is 14.4 Å². The Balaban J connectivity index is 2.02. The first-order valence-corrected chi connectivity index (χ1v) is 16.4. The van der Waals surface area contributed by atoms with Gasteiger partial charge in [0, 0.05) is 41.4 Å². The fraction of sp³-hybridized carbons (Fsp3) is 0.613. The van der Waals surface area contributed by atoms with Gasteiger partial charge < -0.3 is 25.3 Å². The maximum Gasteiger partial charge on any atom is 0.426 e. The van der Waals surface area contributed by atoms with Gasteiger partial charge in [0.05, 0.1) is 13.2 Å². The molecule has 0 saturated heterocycles. The summed E-state index contributed by atoms with van der Waals surface area (Å²) in [5.74, 6) is -1.09. The first-order valence-electron chi connectivity index (χ1n) is 15.5. The molecule has 254 valence electrons. The van der Waals surface area contributed by atoms with Gasteiger partial charge in [-0.1, -0.05) is 62.6 Å². The Morgan fingerprint density at radius 1 is 1.07 bits per heavy atom. The molecule has 0 radical (unpaired) electrons. The Labute approximate surface area is 274 Å². The molecule has 46 heavy (non-hydrogen) atoms. The van der Waals surface area contributed by atoms with E-state index in [0.717, 1.165) is 17.5 Å². The number of nitrogens with one attached hydrogen (secondary N) is 3. The molecule has 0 aliphatic heterocycles. The number of amides is 3. The maximum absolute atomic E-state index is 13.4. The summed E-state index contributed by atoms with van der Waals surface area (Å²) < 4.78 is 16.2. The van der Waals surface area contributed by atoms with Gasteiger partial charge in [0.2, 0.25) is 5.91 Å². The molecule has 2 aromatic rings. The number of benzene rings is 1. The summed E-state index contributed by atoms with van der Waals surface area (Å²) in [6.45, 7) is 10.9. The van der Waals surface area contributed by atoms with Crippen molar-refractivity contribution < 1.29 is 28.6 Å². The summed E-state index contributed by atoms with van der Waals surface area (Å²) in [6, 6.07) is 7.50. The molecule has 2 rings (SSSR count). The largest absolute Gasteiger partial charge is 0.446 e. The molecule has 1 aromatic heterocycles. The van der Waals surface area contributed by atoms with Crippen LogP contribution in [0.25, 0.3) is 10.4 Å². The molecule has 0 saturated carbocycles. The molecule has 0 aliphatic rings. The third kappa shape index (κ3) is 14.6. The predicted octanol–water partition coefficient (Wildman–Crippen LogP) is 4.74. The Bertz CT molecular complexity index is 1270. The Morgan fingerprint density at radius 3 is 2.48 bits per heavy atom. The summed E-state index contributed by atoms with van der Waals surface area (Å²) in [5.41, 5.74) is 21.5. The average molecular weight is 661 g/mol. The highest BCUT2D eigenvalue weighted by atomic mass is 32.1. The van der Waals surface area contributed by atoms with Gasteiger partial charge >= 0.3 is 6.09 Å². The van der Waals surface area contributed by atoms with E-state index in [1.165, 1.54) is 11.3 Å². The number of ether oxygens (including phenoxy) is 3. The van der Waals surface area contributed by atoms with Crippen LogP contribution in [0.15, 0.2) is 34.8 Å². The van der Waals surface area contributed by atoms with Crippen molar-refractivity contribution in [1.82, 2.24) is 21.2 Å². The number of aromatic nitrogens is 1. The highest BCUT2D eigenvalue weighted by molar-refractivity contribution is 7.09. The topological polar surface area (TPSA) is 203 Å². The van der Waals surface area contributed by atoms with Crippen LogP contribution < -0.4 is 21.9 Å². The summed E-state index contributed by atoms with van der Waals surface area (Å²) >= 11 is 1.37. The number of hydrazine groups is 1. The van der Waals surface area contributed by atoms with Crippen LogP contribution in [0.3, 0.4) is 0 Å². The van der Waals surface area contributed by atoms with E-state index in [4.69, 9.17) is 25.5 Å². The van der Waals surface area contributed by atoms with Crippen LogP contribution in [-0.4, -0.2) is 67.9 Å². The van der Waals surface area contributed by atoms with Crippen molar-refractivity contribution in [3.05, 3.63) is 61.9 Å². The minimum Gasteiger partial charge on any atom is -0.446 e. The molecular formula is C31H48N8O6S. The van der Waals surface area contributed by atoms with Gasteiger partial charge in [-0.05, 0) is 49.6 Å². The molecule has 14 nitrogen and oxygen atoms in total. The zero-order valence-electron chi connectivity index (χ0n) is 27.4. The molecule has 1 heterocycles.